The van der Waals surface area contributed by atoms with E-state index in [0.717, 1.165) is 24.1 Å². The van der Waals surface area contributed by atoms with Crippen LogP contribution in [0.5, 0.6) is 0 Å². The first-order valence-electron chi connectivity index (χ1n) is 7.92. The molecule has 2 aliphatic carbocycles. The summed E-state index contributed by atoms with van der Waals surface area (Å²) in [6.07, 6.45) is 5.15. The minimum absolute atomic E-state index is 0.0369. The average molecular weight is 321 g/mol. The second-order valence-corrected chi connectivity index (χ2v) is 6.82. The van der Waals surface area contributed by atoms with Crippen molar-refractivity contribution < 1.29 is 9.59 Å². The Morgan fingerprint density at radius 3 is 2.55 bits per heavy atom. The topological polar surface area (TPSA) is 58.2 Å². The Morgan fingerprint density at radius 2 is 1.82 bits per heavy atom. The van der Waals surface area contributed by atoms with E-state index in [9.17, 15) is 9.59 Å². The smallest absolute Gasteiger partial charge is 0.228 e. The summed E-state index contributed by atoms with van der Waals surface area (Å²) in [6.45, 7) is 1.92. The van der Waals surface area contributed by atoms with E-state index in [1.165, 1.54) is 12.8 Å². The predicted molar refractivity (Wildman–Crippen MR) is 86.8 cm³/mol. The molecule has 2 fully saturated rings. The molecule has 0 spiro atoms. The monoisotopic (exact) mass is 320 g/mol. The molecule has 0 aromatic heterocycles. The maximum absolute atomic E-state index is 12.3. The Hall–Kier alpha value is -1.55. The lowest BCUT2D eigenvalue weighted by atomic mass is 10.2. The maximum Gasteiger partial charge on any atom is 0.228 e. The SMILES string of the molecule is Cc1ccc(Cl)cc1NC(=O)C1CC1C(=O)NC1CCCC1. The van der Waals surface area contributed by atoms with Gasteiger partial charge in [-0.05, 0) is 43.9 Å². The molecule has 1 aromatic rings. The van der Waals surface area contributed by atoms with Crippen molar-refractivity contribution in [1.82, 2.24) is 5.32 Å². The molecule has 2 atom stereocenters. The van der Waals surface area contributed by atoms with E-state index in [4.69, 9.17) is 11.6 Å². The molecule has 2 amide bonds. The number of hydrogen-bond donors (Lipinski definition) is 2. The van der Waals surface area contributed by atoms with Crippen molar-refractivity contribution in [3.63, 3.8) is 0 Å². The van der Waals surface area contributed by atoms with Gasteiger partial charge in [0, 0.05) is 16.8 Å². The summed E-state index contributed by atoms with van der Waals surface area (Å²) in [5, 5.41) is 6.55. The molecule has 0 aliphatic heterocycles. The van der Waals surface area contributed by atoms with Crippen molar-refractivity contribution in [2.75, 3.05) is 5.32 Å². The Morgan fingerprint density at radius 1 is 1.14 bits per heavy atom. The minimum atomic E-state index is -0.209. The molecule has 2 aliphatic rings. The number of benzene rings is 1. The van der Waals surface area contributed by atoms with Crippen molar-refractivity contribution in [2.45, 2.75) is 45.1 Å². The molecular weight excluding hydrogens is 300 g/mol. The molecule has 0 bridgehead atoms. The zero-order valence-electron chi connectivity index (χ0n) is 12.7. The normalized spacial score (nSPS) is 24.1. The third kappa shape index (κ3) is 3.43. The molecule has 2 unspecified atom stereocenters. The third-order valence-corrected chi connectivity index (χ3v) is 4.86. The number of nitrogens with one attached hydrogen (secondary N) is 2. The molecule has 2 saturated carbocycles. The lowest BCUT2D eigenvalue weighted by Crippen LogP contribution is -2.34. The highest BCUT2D eigenvalue weighted by Crippen LogP contribution is 2.40. The van der Waals surface area contributed by atoms with Crippen LogP contribution in [0.3, 0.4) is 0 Å². The zero-order chi connectivity index (χ0) is 15.7. The summed E-state index contributed by atoms with van der Waals surface area (Å²) in [6, 6.07) is 5.72. The van der Waals surface area contributed by atoms with Crippen molar-refractivity contribution in [2.24, 2.45) is 11.8 Å². The summed E-state index contributed by atoms with van der Waals surface area (Å²) >= 11 is 5.95. The fourth-order valence-corrected chi connectivity index (χ4v) is 3.28. The second kappa shape index (κ2) is 6.29. The minimum Gasteiger partial charge on any atom is -0.353 e. The van der Waals surface area contributed by atoms with Crippen LogP contribution in [0, 0.1) is 18.8 Å². The largest absolute Gasteiger partial charge is 0.353 e. The number of carbonyl (C=O) groups is 2. The van der Waals surface area contributed by atoms with Crippen LogP contribution in [-0.2, 0) is 9.59 Å². The van der Waals surface area contributed by atoms with E-state index in [-0.39, 0.29) is 23.7 Å². The summed E-state index contributed by atoms with van der Waals surface area (Å²) in [5.74, 6) is -0.424. The predicted octanol–water partition coefficient (Wildman–Crippen LogP) is 3.28. The van der Waals surface area contributed by atoms with Gasteiger partial charge in [-0.25, -0.2) is 0 Å². The number of anilines is 1. The molecule has 0 radical (unpaired) electrons. The van der Waals surface area contributed by atoms with E-state index in [1.54, 1.807) is 12.1 Å². The summed E-state index contributed by atoms with van der Waals surface area (Å²) < 4.78 is 0. The highest BCUT2D eigenvalue weighted by atomic mass is 35.5. The Bertz CT molecular complexity index is 596. The number of hydrogen-bond acceptors (Lipinski definition) is 2. The summed E-state index contributed by atoms with van der Waals surface area (Å²) in [5.41, 5.74) is 1.68. The van der Waals surface area contributed by atoms with E-state index in [2.05, 4.69) is 10.6 Å². The van der Waals surface area contributed by atoms with Gasteiger partial charge in [0.05, 0.1) is 11.8 Å². The highest BCUT2D eigenvalue weighted by Gasteiger charge is 2.48. The maximum atomic E-state index is 12.3. The fraction of sp³-hybridized carbons (Fsp3) is 0.529. The number of rotatable bonds is 4. The van der Waals surface area contributed by atoms with Crippen molar-refractivity contribution >= 4 is 29.1 Å². The van der Waals surface area contributed by atoms with E-state index >= 15 is 0 Å². The van der Waals surface area contributed by atoms with Crippen LogP contribution in [0.4, 0.5) is 5.69 Å². The quantitative estimate of drug-likeness (QED) is 0.894. The van der Waals surface area contributed by atoms with Crippen molar-refractivity contribution in [1.29, 1.82) is 0 Å². The number of amides is 2. The molecule has 3 rings (SSSR count). The van der Waals surface area contributed by atoms with Crippen molar-refractivity contribution in [3.8, 4) is 0 Å². The molecular formula is C17H21ClN2O2. The van der Waals surface area contributed by atoms with Crippen LogP contribution in [0.1, 0.15) is 37.7 Å². The van der Waals surface area contributed by atoms with Gasteiger partial charge in [-0.3, -0.25) is 9.59 Å². The molecule has 0 heterocycles. The number of aryl methyl sites for hydroxylation is 1. The lowest BCUT2D eigenvalue weighted by Gasteiger charge is -2.12. The molecule has 1 aromatic carbocycles. The molecule has 0 saturated heterocycles. The van der Waals surface area contributed by atoms with Crippen LogP contribution in [0.25, 0.3) is 0 Å². The van der Waals surface area contributed by atoms with E-state index in [0.29, 0.717) is 17.5 Å². The number of halogens is 1. The summed E-state index contributed by atoms with van der Waals surface area (Å²) in [4.78, 5) is 24.4. The zero-order valence-corrected chi connectivity index (χ0v) is 13.5. The average Bonchev–Trinajstić information content (AvgIpc) is 3.14. The van der Waals surface area contributed by atoms with Gasteiger partial charge < -0.3 is 10.6 Å². The Kier molecular flexibility index (Phi) is 4.39. The standard InChI is InChI=1S/C17H21ClN2O2/c1-10-6-7-11(18)8-15(10)20-17(22)14-9-13(14)16(21)19-12-4-2-3-5-12/h6-8,12-14H,2-5,9H2,1H3,(H,19,21)(H,20,22). The fourth-order valence-electron chi connectivity index (χ4n) is 3.11. The van der Waals surface area contributed by atoms with Crippen LogP contribution in [0.15, 0.2) is 18.2 Å². The highest BCUT2D eigenvalue weighted by molar-refractivity contribution is 6.31. The second-order valence-electron chi connectivity index (χ2n) is 6.39. The van der Waals surface area contributed by atoms with Crippen LogP contribution in [-0.4, -0.2) is 17.9 Å². The van der Waals surface area contributed by atoms with Crippen LogP contribution in [0.2, 0.25) is 5.02 Å². The third-order valence-electron chi connectivity index (χ3n) is 4.62. The van der Waals surface area contributed by atoms with Gasteiger partial charge in [0.15, 0.2) is 0 Å². The van der Waals surface area contributed by atoms with Gasteiger partial charge in [-0.1, -0.05) is 30.5 Å². The first-order chi connectivity index (χ1) is 10.5. The first-order valence-corrected chi connectivity index (χ1v) is 8.30. The molecule has 118 valence electrons. The van der Waals surface area contributed by atoms with E-state index in [1.807, 2.05) is 13.0 Å². The lowest BCUT2D eigenvalue weighted by molar-refractivity contribution is -0.125. The summed E-state index contributed by atoms with van der Waals surface area (Å²) in [7, 11) is 0. The van der Waals surface area contributed by atoms with Gasteiger partial charge in [-0.2, -0.15) is 0 Å². The van der Waals surface area contributed by atoms with Crippen LogP contribution < -0.4 is 10.6 Å². The molecule has 22 heavy (non-hydrogen) atoms. The van der Waals surface area contributed by atoms with E-state index < -0.39 is 0 Å². The van der Waals surface area contributed by atoms with Gasteiger partial charge in [0.25, 0.3) is 0 Å². The first kappa shape index (κ1) is 15.3. The van der Waals surface area contributed by atoms with Crippen molar-refractivity contribution in [3.05, 3.63) is 28.8 Å². The Labute approximate surface area is 135 Å². The molecule has 4 nitrogen and oxygen atoms in total. The van der Waals surface area contributed by atoms with Gasteiger partial charge in [0.2, 0.25) is 11.8 Å². The number of carbonyl (C=O) groups excluding carboxylic acids is 2. The van der Waals surface area contributed by atoms with Gasteiger partial charge in [0.1, 0.15) is 0 Å². The Balaban J connectivity index is 1.54. The molecule has 5 heteroatoms. The van der Waals surface area contributed by atoms with Crippen LogP contribution >= 0.6 is 11.6 Å². The molecule has 2 N–H and O–H groups in total. The van der Waals surface area contributed by atoms with Gasteiger partial charge >= 0.3 is 0 Å². The van der Waals surface area contributed by atoms with Gasteiger partial charge in [-0.15, -0.1) is 0 Å².